The molecule has 4 heteroatoms. The molecule has 0 unspecified atom stereocenters. The average Bonchev–Trinajstić information content (AvgIpc) is 3.01. The molecule has 0 bridgehead atoms. The fraction of sp³-hybridized carbons (Fsp3) is 0.190. The van der Waals surface area contributed by atoms with Gasteiger partial charge >= 0.3 is 0 Å². The number of carbonyl (C=O) groups excluding carboxylic acids is 1. The van der Waals surface area contributed by atoms with E-state index in [0.717, 1.165) is 35.9 Å². The summed E-state index contributed by atoms with van der Waals surface area (Å²) in [6.07, 6.45) is 0. The molecule has 0 saturated heterocycles. The molecular formula is C21H22N2O2. The number of aryl methyl sites for hydroxylation is 1. The van der Waals surface area contributed by atoms with E-state index in [1.165, 1.54) is 0 Å². The Morgan fingerprint density at radius 2 is 1.68 bits per heavy atom. The molecular weight excluding hydrogens is 312 g/mol. The molecule has 0 radical (unpaired) electrons. The van der Waals surface area contributed by atoms with Crippen LogP contribution in [0.4, 0.5) is 5.69 Å². The Morgan fingerprint density at radius 3 is 2.32 bits per heavy atom. The van der Waals surface area contributed by atoms with Crippen molar-refractivity contribution >= 4 is 11.6 Å². The van der Waals surface area contributed by atoms with Crippen LogP contribution < -0.4 is 5.32 Å². The first-order chi connectivity index (χ1) is 12.1. The van der Waals surface area contributed by atoms with Crippen LogP contribution in [0.5, 0.6) is 0 Å². The number of carbonyl (C=O) groups is 1. The molecule has 0 aliphatic carbocycles. The molecule has 2 aromatic carbocycles. The van der Waals surface area contributed by atoms with Gasteiger partial charge in [0.05, 0.1) is 6.54 Å². The number of rotatable bonds is 6. The zero-order chi connectivity index (χ0) is 17.6. The lowest BCUT2D eigenvalue weighted by atomic mass is 10.1. The Kier molecular flexibility index (Phi) is 5.31. The van der Waals surface area contributed by atoms with Crippen LogP contribution in [0.25, 0.3) is 0 Å². The Hall–Kier alpha value is -2.85. The summed E-state index contributed by atoms with van der Waals surface area (Å²) >= 11 is 0. The highest BCUT2D eigenvalue weighted by molar-refractivity contribution is 6.04. The van der Waals surface area contributed by atoms with Crippen molar-refractivity contribution in [3.63, 3.8) is 0 Å². The smallest absolute Gasteiger partial charge is 0.255 e. The lowest BCUT2D eigenvalue weighted by Gasteiger charge is -2.15. The molecule has 4 nitrogen and oxygen atoms in total. The van der Waals surface area contributed by atoms with Crippen LogP contribution in [0, 0.1) is 6.92 Å². The third-order valence-electron chi connectivity index (χ3n) is 3.92. The van der Waals surface area contributed by atoms with Gasteiger partial charge in [-0.25, -0.2) is 0 Å². The summed E-state index contributed by atoms with van der Waals surface area (Å²) in [6, 6.07) is 21.1. The minimum absolute atomic E-state index is 0.0998. The molecule has 0 saturated carbocycles. The van der Waals surface area contributed by atoms with E-state index in [1.54, 1.807) is 0 Å². The average molecular weight is 334 g/mol. The molecule has 1 aromatic heterocycles. The van der Waals surface area contributed by atoms with Crippen molar-refractivity contribution in [3.05, 3.63) is 89.4 Å². The van der Waals surface area contributed by atoms with Crippen LogP contribution in [0.2, 0.25) is 0 Å². The maximum Gasteiger partial charge on any atom is 0.255 e. The third-order valence-corrected chi connectivity index (χ3v) is 3.92. The maximum atomic E-state index is 12.3. The highest BCUT2D eigenvalue weighted by Gasteiger charge is 2.08. The fourth-order valence-corrected chi connectivity index (χ4v) is 2.69. The van der Waals surface area contributed by atoms with Gasteiger partial charge in [-0.3, -0.25) is 9.69 Å². The molecule has 0 spiro atoms. The molecule has 25 heavy (non-hydrogen) atoms. The SMILES string of the molecule is Cc1ccc(CN(C)Cc2ccc(C(=O)Nc3ccccc3)cc2)o1. The largest absolute Gasteiger partial charge is 0.465 e. The minimum Gasteiger partial charge on any atom is -0.465 e. The summed E-state index contributed by atoms with van der Waals surface area (Å²) < 4.78 is 5.60. The van der Waals surface area contributed by atoms with Crippen molar-refractivity contribution in [1.29, 1.82) is 0 Å². The van der Waals surface area contributed by atoms with Crippen molar-refractivity contribution in [1.82, 2.24) is 4.90 Å². The summed E-state index contributed by atoms with van der Waals surface area (Å²) in [5, 5.41) is 2.89. The van der Waals surface area contributed by atoms with Gasteiger partial charge in [0.15, 0.2) is 0 Å². The van der Waals surface area contributed by atoms with E-state index >= 15 is 0 Å². The zero-order valence-corrected chi connectivity index (χ0v) is 14.5. The van der Waals surface area contributed by atoms with Gasteiger partial charge in [-0.2, -0.15) is 0 Å². The van der Waals surface area contributed by atoms with E-state index in [2.05, 4.69) is 10.2 Å². The van der Waals surface area contributed by atoms with Gasteiger partial charge in [0.1, 0.15) is 11.5 Å². The molecule has 1 heterocycles. The number of nitrogens with zero attached hydrogens (tertiary/aromatic N) is 1. The molecule has 1 amide bonds. The number of hydrogen-bond donors (Lipinski definition) is 1. The number of amides is 1. The number of furan rings is 1. The quantitative estimate of drug-likeness (QED) is 0.723. The fourth-order valence-electron chi connectivity index (χ4n) is 2.69. The number of anilines is 1. The van der Waals surface area contributed by atoms with Gasteiger partial charge < -0.3 is 9.73 Å². The van der Waals surface area contributed by atoms with Crippen LogP contribution in [0.3, 0.4) is 0 Å². The van der Waals surface area contributed by atoms with Crippen molar-refractivity contribution in [2.24, 2.45) is 0 Å². The standard InChI is InChI=1S/C21H22N2O2/c1-16-8-13-20(25-16)15-23(2)14-17-9-11-18(12-10-17)21(24)22-19-6-4-3-5-7-19/h3-13H,14-15H2,1-2H3,(H,22,24). The second-order valence-electron chi connectivity index (χ2n) is 6.20. The second kappa shape index (κ2) is 7.81. The number of hydrogen-bond acceptors (Lipinski definition) is 3. The molecule has 3 aromatic rings. The van der Waals surface area contributed by atoms with E-state index in [0.29, 0.717) is 5.56 Å². The Balaban J connectivity index is 1.57. The zero-order valence-electron chi connectivity index (χ0n) is 14.5. The summed E-state index contributed by atoms with van der Waals surface area (Å²) in [4.78, 5) is 14.4. The number of para-hydroxylation sites is 1. The Bertz CT molecular complexity index is 823. The van der Waals surface area contributed by atoms with Crippen LogP contribution in [0.15, 0.2) is 71.1 Å². The first-order valence-electron chi connectivity index (χ1n) is 8.29. The van der Waals surface area contributed by atoms with Crippen LogP contribution in [-0.4, -0.2) is 17.9 Å². The maximum absolute atomic E-state index is 12.3. The first-order valence-corrected chi connectivity index (χ1v) is 8.29. The van der Waals surface area contributed by atoms with E-state index < -0.39 is 0 Å². The minimum atomic E-state index is -0.0998. The predicted octanol–water partition coefficient (Wildman–Crippen LogP) is 4.47. The Morgan fingerprint density at radius 1 is 0.960 bits per heavy atom. The van der Waals surface area contributed by atoms with Gasteiger partial charge in [0, 0.05) is 17.8 Å². The third kappa shape index (κ3) is 4.81. The highest BCUT2D eigenvalue weighted by atomic mass is 16.3. The summed E-state index contributed by atoms with van der Waals surface area (Å²) in [5.41, 5.74) is 2.60. The van der Waals surface area contributed by atoms with Gasteiger partial charge in [-0.15, -0.1) is 0 Å². The Labute approximate surface area is 148 Å². The van der Waals surface area contributed by atoms with E-state index in [4.69, 9.17) is 4.42 Å². The molecule has 0 aliphatic rings. The summed E-state index contributed by atoms with van der Waals surface area (Å²) in [6.45, 7) is 3.49. The molecule has 0 fully saturated rings. The highest BCUT2D eigenvalue weighted by Crippen LogP contribution is 2.13. The van der Waals surface area contributed by atoms with E-state index in [9.17, 15) is 4.79 Å². The monoisotopic (exact) mass is 334 g/mol. The van der Waals surface area contributed by atoms with E-state index in [1.807, 2.05) is 80.7 Å². The second-order valence-corrected chi connectivity index (χ2v) is 6.20. The van der Waals surface area contributed by atoms with E-state index in [-0.39, 0.29) is 5.91 Å². The lowest BCUT2D eigenvalue weighted by molar-refractivity contribution is 0.102. The van der Waals surface area contributed by atoms with Crippen molar-refractivity contribution in [2.75, 3.05) is 12.4 Å². The van der Waals surface area contributed by atoms with Crippen LogP contribution in [0.1, 0.15) is 27.4 Å². The van der Waals surface area contributed by atoms with Gasteiger partial charge in [-0.05, 0) is 55.9 Å². The van der Waals surface area contributed by atoms with Crippen molar-refractivity contribution in [2.45, 2.75) is 20.0 Å². The molecule has 0 aliphatic heterocycles. The lowest BCUT2D eigenvalue weighted by Crippen LogP contribution is -2.17. The number of nitrogens with one attached hydrogen (secondary N) is 1. The van der Waals surface area contributed by atoms with Gasteiger partial charge in [0.25, 0.3) is 5.91 Å². The van der Waals surface area contributed by atoms with Gasteiger partial charge in [0.2, 0.25) is 0 Å². The molecule has 1 N–H and O–H groups in total. The van der Waals surface area contributed by atoms with Crippen molar-refractivity contribution < 1.29 is 9.21 Å². The summed E-state index contributed by atoms with van der Waals surface area (Å²) in [5.74, 6) is 1.79. The molecule has 0 atom stereocenters. The van der Waals surface area contributed by atoms with Crippen LogP contribution in [-0.2, 0) is 13.1 Å². The summed E-state index contributed by atoms with van der Waals surface area (Å²) in [7, 11) is 2.05. The molecule has 3 rings (SSSR count). The predicted molar refractivity (Wildman–Crippen MR) is 99.5 cm³/mol. The van der Waals surface area contributed by atoms with Gasteiger partial charge in [-0.1, -0.05) is 30.3 Å². The number of benzene rings is 2. The molecule has 128 valence electrons. The topological polar surface area (TPSA) is 45.5 Å². The van der Waals surface area contributed by atoms with Crippen LogP contribution >= 0.6 is 0 Å². The van der Waals surface area contributed by atoms with Crippen molar-refractivity contribution in [3.8, 4) is 0 Å². The normalized spacial score (nSPS) is 10.8. The first kappa shape index (κ1) is 17.0.